The molecule has 2 aromatic carbocycles. The Labute approximate surface area is 119 Å². The Hall–Kier alpha value is -2.27. The molecule has 1 heterocycles. The number of halogens is 2. The number of nitrogen functional groups attached to an aromatic ring is 1. The molecule has 0 spiro atoms. The zero-order valence-electron chi connectivity index (χ0n) is 10.6. The van der Waals surface area contributed by atoms with Crippen molar-refractivity contribution in [3.63, 3.8) is 0 Å². The molecule has 2 N–H and O–H groups in total. The minimum atomic E-state index is -0.511. The minimum Gasteiger partial charge on any atom is -0.497 e. The van der Waals surface area contributed by atoms with E-state index in [1.54, 1.807) is 17.7 Å². The first kappa shape index (κ1) is 12.7. The quantitative estimate of drug-likeness (QED) is 0.787. The lowest BCUT2D eigenvalue weighted by Crippen LogP contribution is -2.01. The number of rotatable bonds is 2. The lowest BCUT2D eigenvalue weighted by Gasteiger charge is -2.08. The molecule has 6 heteroatoms. The van der Waals surface area contributed by atoms with Crippen LogP contribution in [0.3, 0.4) is 0 Å². The molecule has 0 bridgehead atoms. The van der Waals surface area contributed by atoms with Crippen molar-refractivity contribution < 1.29 is 9.13 Å². The second-order valence-electron chi connectivity index (χ2n) is 4.26. The van der Waals surface area contributed by atoms with Gasteiger partial charge in [0.15, 0.2) is 0 Å². The smallest absolute Gasteiger partial charge is 0.205 e. The van der Waals surface area contributed by atoms with Crippen LogP contribution in [0.5, 0.6) is 5.75 Å². The highest BCUT2D eigenvalue weighted by Crippen LogP contribution is 2.28. The van der Waals surface area contributed by atoms with Crippen molar-refractivity contribution in [2.75, 3.05) is 12.8 Å². The number of hydrogen-bond donors (Lipinski definition) is 1. The number of ether oxygens (including phenoxy) is 1. The number of nitrogens with two attached hydrogens (primary N) is 1. The van der Waals surface area contributed by atoms with Crippen LogP contribution < -0.4 is 10.5 Å². The van der Waals surface area contributed by atoms with Crippen LogP contribution in [-0.4, -0.2) is 16.7 Å². The van der Waals surface area contributed by atoms with Gasteiger partial charge in [0, 0.05) is 12.1 Å². The van der Waals surface area contributed by atoms with Crippen molar-refractivity contribution in [1.82, 2.24) is 9.55 Å². The summed E-state index contributed by atoms with van der Waals surface area (Å²) in [5.41, 5.74) is 7.76. The highest BCUT2D eigenvalue weighted by molar-refractivity contribution is 6.31. The van der Waals surface area contributed by atoms with Gasteiger partial charge in [0.25, 0.3) is 0 Å². The van der Waals surface area contributed by atoms with E-state index in [4.69, 9.17) is 22.1 Å². The molecule has 0 amide bonds. The maximum Gasteiger partial charge on any atom is 0.205 e. The van der Waals surface area contributed by atoms with Gasteiger partial charge in [0.1, 0.15) is 11.6 Å². The molecular formula is C14H11ClFN3O. The first-order valence-corrected chi connectivity index (χ1v) is 6.25. The first-order chi connectivity index (χ1) is 9.60. The molecule has 1 aromatic heterocycles. The van der Waals surface area contributed by atoms with E-state index in [9.17, 15) is 4.39 Å². The normalized spacial score (nSPS) is 10.9. The molecule has 0 saturated carbocycles. The molecule has 0 aliphatic rings. The molecule has 0 atom stereocenters. The van der Waals surface area contributed by atoms with Crippen LogP contribution in [0.4, 0.5) is 10.3 Å². The first-order valence-electron chi connectivity index (χ1n) is 5.87. The maximum atomic E-state index is 13.7. The van der Waals surface area contributed by atoms with Gasteiger partial charge < -0.3 is 10.5 Å². The van der Waals surface area contributed by atoms with Gasteiger partial charge in [-0.05, 0) is 18.2 Å². The molecule has 3 aromatic rings. The average Bonchev–Trinajstić information content (AvgIpc) is 2.74. The summed E-state index contributed by atoms with van der Waals surface area (Å²) in [6, 6.07) is 10.1. The number of hydrogen-bond acceptors (Lipinski definition) is 3. The minimum absolute atomic E-state index is 0.0211. The third-order valence-corrected chi connectivity index (χ3v) is 3.32. The highest BCUT2D eigenvalue weighted by Gasteiger charge is 2.13. The summed E-state index contributed by atoms with van der Waals surface area (Å²) >= 11 is 5.76. The topological polar surface area (TPSA) is 53.1 Å². The number of benzene rings is 2. The van der Waals surface area contributed by atoms with Crippen molar-refractivity contribution in [2.45, 2.75) is 0 Å². The molecule has 0 fully saturated rings. The Morgan fingerprint density at radius 1 is 1.30 bits per heavy atom. The molecule has 0 unspecified atom stereocenters. The van der Waals surface area contributed by atoms with Crippen molar-refractivity contribution in [3.8, 4) is 11.4 Å². The molecule has 0 aliphatic heterocycles. The number of methoxy groups -OCH3 is 1. The Kier molecular flexibility index (Phi) is 2.99. The van der Waals surface area contributed by atoms with Gasteiger partial charge in [-0.3, -0.25) is 4.57 Å². The molecule has 4 nitrogen and oxygen atoms in total. The van der Waals surface area contributed by atoms with Crippen LogP contribution in [0, 0.1) is 5.82 Å². The van der Waals surface area contributed by atoms with E-state index in [0.29, 0.717) is 16.8 Å². The van der Waals surface area contributed by atoms with Crippen molar-refractivity contribution in [2.24, 2.45) is 0 Å². The van der Waals surface area contributed by atoms with E-state index in [2.05, 4.69) is 4.98 Å². The molecule has 102 valence electrons. The lowest BCUT2D eigenvalue weighted by atomic mass is 10.2. The fraction of sp³-hybridized carbons (Fsp3) is 0.0714. The van der Waals surface area contributed by atoms with Crippen LogP contribution >= 0.6 is 11.6 Å². The summed E-state index contributed by atoms with van der Waals surface area (Å²) in [5.74, 6) is 0.427. The third-order valence-electron chi connectivity index (χ3n) is 3.03. The summed E-state index contributed by atoms with van der Waals surface area (Å²) in [5, 5.41) is 0.0211. The highest BCUT2D eigenvalue weighted by atomic mass is 35.5. The van der Waals surface area contributed by atoms with Gasteiger partial charge in [-0.25, -0.2) is 9.37 Å². The van der Waals surface area contributed by atoms with Gasteiger partial charge in [0.05, 0.1) is 28.9 Å². The lowest BCUT2D eigenvalue weighted by molar-refractivity contribution is 0.414. The average molecular weight is 292 g/mol. The number of imidazole rings is 1. The number of anilines is 1. The van der Waals surface area contributed by atoms with Crippen molar-refractivity contribution >= 4 is 28.6 Å². The second kappa shape index (κ2) is 4.68. The molecule has 0 aliphatic carbocycles. The zero-order chi connectivity index (χ0) is 14.3. The molecule has 3 rings (SSSR count). The molecule has 20 heavy (non-hydrogen) atoms. The maximum absolute atomic E-state index is 13.7. The van der Waals surface area contributed by atoms with Crippen LogP contribution in [0.1, 0.15) is 0 Å². The summed E-state index contributed by atoms with van der Waals surface area (Å²) in [7, 11) is 1.58. The van der Waals surface area contributed by atoms with Crippen molar-refractivity contribution in [1.29, 1.82) is 0 Å². The van der Waals surface area contributed by atoms with Crippen molar-refractivity contribution in [3.05, 3.63) is 47.2 Å². The summed E-state index contributed by atoms with van der Waals surface area (Å²) in [6.45, 7) is 0. The second-order valence-corrected chi connectivity index (χ2v) is 4.67. The molecular weight excluding hydrogens is 281 g/mol. The standard InChI is InChI=1S/C14H11ClFN3O/c1-20-9-4-2-3-8(5-9)19-13-7-11(16)10(15)6-12(13)18-14(19)17/h2-7H,1H3,(H2,17,18). The van der Waals surface area contributed by atoms with Crippen LogP contribution in [0.15, 0.2) is 36.4 Å². The van der Waals surface area contributed by atoms with E-state index >= 15 is 0 Å². The third kappa shape index (κ3) is 1.96. The van der Waals surface area contributed by atoms with Gasteiger partial charge in [-0.1, -0.05) is 17.7 Å². The predicted octanol–water partition coefficient (Wildman–Crippen LogP) is 3.41. The van der Waals surface area contributed by atoms with Gasteiger partial charge in [0.2, 0.25) is 5.95 Å². The molecule has 0 saturated heterocycles. The summed E-state index contributed by atoms with van der Waals surface area (Å²) < 4.78 is 20.5. The van der Waals surface area contributed by atoms with Gasteiger partial charge >= 0.3 is 0 Å². The monoisotopic (exact) mass is 291 g/mol. The van der Waals surface area contributed by atoms with Gasteiger partial charge in [-0.2, -0.15) is 0 Å². The van der Waals surface area contributed by atoms with Crippen LogP contribution in [-0.2, 0) is 0 Å². The fourth-order valence-electron chi connectivity index (χ4n) is 2.11. The fourth-order valence-corrected chi connectivity index (χ4v) is 2.27. The Bertz CT molecular complexity index is 800. The summed E-state index contributed by atoms with van der Waals surface area (Å²) in [4.78, 5) is 4.20. The number of nitrogens with zero attached hydrogens (tertiary/aromatic N) is 2. The largest absolute Gasteiger partial charge is 0.497 e. The Morgan fingerprint density at radius 3 is 2.85 bits per heavy atom. The Morgan fingerprint density at radius 2 is 2.10 bits per heavy atom. The number of fused-ring (bicyclic) bond motifs is 1. The summed E-state index contributed by atoms with van der Waals surface area (Å²) in [6.07, 6.45) is 0. The van der Waals surface area contributed by atoms with Gasteiger partial charge in [-0.15, -0.1) is 0 Å². The van der Waals surface area contributed by atoms with Crippen LogP contribution in [0.2, 0.25) is 5.02 Å². The van der Waals surface area contributed by atoms with E-state index in [-0.39, 0.29) is 11.0 Å². The number of aromatic nitrogens is 2. The SMILES string of the molecule is COc1cccc(-n2c(N)nc3cc(Cl)c(F)cc32)c1. The predicted molar refractivity (Wildman–Crippen MR) is 77.0 cm³/mol. The molecule has 0 radical (unpaired) electrons. The zero-order valence-corrected chi connectivity index (χ0v) is 11.4. The van der Waals surface area contributed by atoms with E-state index in [1.165, 1.54) is 12.1 Å². The van der Waals surface area contributed by atoms with Crippen LogP contribution in [0.25, 0.3) is 16.7 Å². The van der Waals surface area contributed by atoms with E-state index < -0.39 is 5.82 Å². The van der Waals surface area contributed by atoms with E-state index in [0.717, 1.165) is 5.69 Å². The van der Waals surface area contributed by atoms with E-state index in [1.807, 2.05) is 18.2 Å². The Balaban J connectivity index is 2.29.